The Balaban J connectivity index is 2.72. The number of hydrogen-bond acceptors (Lipinski definition) is 2. The molecule has 0 aliphatic heterocycles. The van der Waals surface area contributed by atoms with Gasteiger partial charge in [0, 0.05) is 6.04 Å². The van der Waals surface area contributed by atoms with Crippen LogP contribution in [-0.4, -0.2) is 6.61 Å². The average Bonchev–Trinajstić information content (AvgIpc) is 2.26. The molecule has 0 aliphatic rings. The average molecular weight is 219 g/mol. The molecule has 0 spiro atoms. The van der Waals surface area contributed by atoms with Crippen LogP contribution in [0.5, 0.6) is 5.75 Å². The molecule has 0 amide bonds. The fourth-order valence-corrected chi connectivity index (χ4v) is 1.40. The molecular weight excluding hydrogens is 198 g/mol. The molecule has 16 heavy (non-hydrogen) atoms. The van der Waals surface area contributed by atoms with Crippen LogP contribution in [0.25, 0.3) is 0 Å². The molecule has 2 heteroatoms. The van der Waals surface area contributed by atoms with Crippen LogP contribution < -0.4 is 10.5 Å². The van der Waals surface area contributed by atoms with Gasteiger partial charge >= 0.3 is 0 Å². The van der Waals surface area contributed by atoms with E-state index >= 15 is 0 Å². The maximum atomic E-state index is 5.82. The minimum absolute atomic E-state index is 0.0679. The number of aryl methyl sites for hydroxylation is 1. The highest BCUT2D eigenvalue weighted by molar-refractivity contribution is 5.37. The van der Waals surface area contributed by atoms with Gasteiger partial charge in [0.25, 0.3) is 0 Å². The predicted octanol–water partition coefficient (Wildman–Crippen LogP) is 3.36. The van der Waals surface area contributed by atoms with Crippen LogP contribution in [0.1, 0.15) is 37.4 Å². The number of ether oxygens (including phenoxy) is 1. The maximum absolute atomic E-state index is 5.82. The molecule has 2 N–H and O–H groups in total. The zero-order chi connectivity index (χ0) is 12.1. The van der Waals surface area contributed by atoms with Gasteiger partial charge in [-0.15, -0.1) is 0 Å². The molecule has 0 aromatic heterocycles. The van der Waals surface area contributed by atoms with Crippen LogP contribution in [0, 0.1) is 6.92 Å². The highest BCUT2D eigenvalue weighted by Gasteiger charge is 2.04. The first-order valence-corrected chi connectivity index (χ1v) is 5.70. The first kappa shape index (κ1) is 12.8. The number of nitrogens with two attached hydrogens (primary N) is 1. The van der Waals surface area contributed by atoms with Gasteiger partial charge in [-0.1, -0.05) is 25.6 Å². The molecule has 88 valence electrons. The summed E-state index contributed by atoms with van der Waals surface area (Å²) < 4.78 is 5.68. The number of rotatable bonds is 5. The van der Waals surface area contributed by atoms with Crippen molar-refractivity contribution in [2.75, 3.05) is 6.61 Å². The third kappa shape index (κ3) is 3.38. The van der Waals surface area contributed by atoms with Gasteiger partial charge in [-0.2, -0.15) is 0 Å². The summed E-state index contributed by atoms with van der Waals surface area (Å²) >= 11 is 0. The van der Waals surface area contributed by atoms with Crippen molar-refractivity contribution >= 4 is 0 Å². The minimum atomic E-state index is 0.0679. The summed E-state index contributed by atoms with van der Waals surface area (Å²) in [6.45, 7) is 10.6. The summed E-state index contributed by atoms with van der Waals surface area (Å²) in [5, 5.41) is 0. The van der Waals surface area contributed by atoms with Gasteiger partial charge in [-0.05, 0) is 43.0 Å². The SMILES string of the molecule is C=C(CC)COc1ccc([C@H](C)N)cc1C. The molecule has 2 nitrogen and oxygen atoms in total. The van der Waals surface area contributed by atoms with Crippen molar-refractivity contribution < 1.29 is 4.74 Å². The Labute approximate surface area is 98.1 Å². The van der Waals surface area contributed by atoms with Crippen LogP contribution in [-0.2, 0) is 0 Å². The van der Waals surface area contributed by atoms with Gasteiger partial charge in [0.1, 0.15) is 12.4 Å². The van der Waals surface area contributed by atoms with Gasteiger partial charge in [0.2, 0.25) is 0 Å². The second-order valence-electron chi connectivity index (χ2n) is 4.21. The molecule has 0 bridgehead atoms. The second kappa shape index (κ2) is 5.71. The smallest absolute Gasteiger partial charge is 0.122 e. The molecule has 1 atom stereocenters. The number of hydrogen-bond donors (Lipinski definition) is 1. The van der Waals surface area contributed by atoms with E-state index in [1.165, 1.54) is 0 Å². The highest BCUT2D eigenvalue weighted by Crippen LogP contribution is 2.22. The Kier molecular flexibility index (Phi) is 4.56. The third-order valence-corrected chi connectivity index (χ3v) is 2.66. The van der Waals surface area contributed by atoms with Crippen LogP contribution >= 0.6 is 0 Å². The monoisotopic (exact) mass is 219 g/mol. The molecular formula is C14H21NO. The maximum Gasteiger partial charge on any atom is 0.122 e. The van der Waals surface area contributed by atoms with Crippen molar-refractivity contribution in [2.24, 2.45) is 5.73 Å². The lowest BCUT2D eigenvalue weighted by atomic mass is 10.1. The molecule has 1 rings (SSSR count). The van der Waals surface area contributed by atoms with E-state index < -0.39 is 0 Å². The molecule has 0 heterocycles. The summed E-state index contributed by atoms with van der Waals surface area (Å²) in [7, 11) is 0. The fraction of sp³-hybridized carbons (Fsp3) is 0.429. The highest BCUT2D eigenvalue weighted by atomic mass is 16.5. The van der Waals surface area contributed by atoms with Crippen molar-refractivity contribution in [3.8, 4) is 5.75 Å². The van der Waals surface area contributed by atoms with Crippen molar-refractivity contribution in [3.63, 3.8) is 0 Å². The quantitative estimate of drug-likeness (QED) is 0.771. The van der Waals surface area contributed by atoms with Gasteiger partial charge in [0.15, 0.2) is 0 Å². The summed E-state index contributed by atoms with van der Waals surface area (Å²) in [4.78, 5) is 0. The first-order valence-electron chi connectivity index (χ1n) is 5.70. The standard InChI is InChI=1S/C14H21NO/c1-5-10(2)9-16-14-7-6-13(12(4)15)8-11(14)3/h6-8,12H,2,5,9,15H2,1,3-4H3/t12-/m0/s1. The van der Waals surface area contributed by atoms with E-state index in [-0.39, 0.29) is 6.04 Å². The normalized spacial score (nSPS) is 12.2. The van der Waals surface area contributed by atoms with Crippen LogP contribution in [0.2, 0.25) is 0 Å². The number of benzene rings is 1. The molecule has 0 unspecified atom stereocenters. The van der Waals surface area contributed by atoms with Crippen LogP contribution in [0.4, 0.5) is 0 Å². The zero-order valence-corrected chi connectivity index (χ0v) is 10.4. The van der Waals surface area contributed by atoms with E-state index in [0.717, 1.165) is 28.9 Å². The predicted molar refractivity (Wildman–Crippen MR) is 68.7 cm³/mol. The Morgan fingerprint density at radius 3 is 2.69 bits per heavy atom. The lowest BCUT2D eigenvalue weighted by molar-refractivity contribution is 0.346. The summed E-state index contributed by atoms with van der Waals surface area (Å²) in [5.41, 5.74) is 9.19. The van der Waals surface area contributed by atoms with E-state index in [2.05, 4.69) is 19.6 Å². The lowest BCUT2D eigenvalue weighted by Crippen LogP contribution is -2.06. The minimum Gasteiger partial charge on any atom is -0.489 e. The zero-order valence-electron chi connectivity index (χ0n) is 10.4. The first-order chi connectivity index (χ1) is 7.54. The fourth-order valence-electron chi connectivity index (χ4n) is 1.40. The molecule has 0 saturated carbocycles. The van der Waals surface area contributed by atoms with E-state index in [1.54, 1.807) is 0 Å². The van der Waals surface area contributed by atoms with Crippen molar-refractivity contribution in [3.05, 3.63) is 41.5 Å². The van der Waals surface area contributed by atoms with Gasteiger partial charge in [0.05, 0.1) is 0 Å². The molecule has 0 saturated heterocycles. The van der Waals surface area contributed by atoms with Crippen molar-refractivity contribution in [2.45, 2.75) is 33.2 Å². The largest absolute Gasteiger partial charge is 0.489 e. The Hall–Kier alpha value is -1.28. The van der Waals surface area contributed by atoms with E-state index in [9.17, 15) is 0 Å². The van der Waals surface area contributed by atoms with Gasteiger partial charge in [-0.3, -0.25) is 0 Å². The molecule has 0 radical (unpaired) electrons. The molecule has 0 aliphatic carbocycles. The van der Waals surface area contributed by atoms with E-state index in [1.807, 2.05) is 26.0 Å². The summed E-state index contributed by atoms with van der Waals surface area (Å²) in [5.74, 6) is 0.916. The van der Waals surface area contributed by atoms with Crippen LogP contribution in [0.15, 0.2) is 30.4 Å². The van der Waals surface area contributed by atoms with Gasteiger partial charge < -0.3 is 10.5 Å². The molecule has 0 fully saturated rings. The van der Waals surface area contributed by atoms with E-state index in [4.69, 9.17) is 10.5 Å². The lowest BCUT2D eigenvalue weighted by Gasteiger charge is -2.12. The van der Waals surface area contributed by atoms with E-state index in [0.29, 0.717) is 6.61 Å². The summed E-state index contributed by atoms with van der Waals surface area (Å²) in [6.07, 6.45) is 0.955. The Bertz CT molecular complexity index is 369. The molecule has 1 aromatic rings. The summed E-state index contributed by atoms with van der Waals surface area (Å²) in [6, 6.07) is 6.14. The van der Waals surface area contributed by atoms with Crippen LogP contribution in [0.3, 0.4) is 0 Å². The molecule has 1 aromatic carbocycles. The topological polar surface area (TPSA) is 35.2 Å². The van der Waals surface area contributed by atoms with Crippen molar-refractivity contribution in [1.29, 1.82) is 0 Å². The second-order valence-corrected chi connectivity index (χ2v) is 4.21. The Morgan fingerprint density at radius 1 is 1.50 bits per heavy atom. The van der Waals surface area contributed by atoms with Crippen molar-refractivity contribution in [1.82, 2.24) is 0 Å². The third-order valence-electron chi connectivity index (χ3n) is 2.66. The van der Waals surface area contributed by atoms with Gasteiger partial charge in [-0.25, -0.2) is 0 Å². The Morgan fingerprint density at radius 2 is 2.19 bits per heavy atom.